The molecule has 0 aromatic carbocycles. The van der Waals surface area contributed by atoms with E-state index in [1.807, 2.05) is 20.9 Å². The summed E-state index contributed by atoms with van der Waals surface area (Å²) in [6, 6.07) is 2.45. The maximum absolute atomic E-state index is 9.12. The molecule has 3 aliphatic heterocycles. The second kappa shape index (κ2) is 4.77. The molecule has 3 saturated heterocycles. The minimum absolute atomic E-state index is 0.240. The molecular formula is C11H21N3. The van der Waals surface area contributed by atoms with Crippen LogP contribution in [0.25, 0.3) is 0 Å². The zero-order chi connectivity index (χ0) is 10.6. The van der Waals surface area contributed by atoms with Gasteiger partial charge in [0.25, 0.3) is 0 Å². The summed E-state index contributed by atoms with van der Waals surface area (Å²) in [4.78, 5) is 2.39. The van der Waals surface area contributed by atoms with Gasteiger partial charge in [0.1, 0.15) is 5.54 Å². The van der Waals surface area contributed by atoms with Crippen LogP contribution in [0.3, 0.4) is 0 Å². The summed E-state index contributed by atoms with van der Waals surface area (Å²) in [6.45, 7) is 7.30. The first-order chi connectivity index (χ1) is 6.80. The topological polar surface area (TPSA) is 39.1 Å². The molecule has 14 heavy (non-hydrogen) atoms. The van der Waals surface area contributed by atoms with Gasteiger partial charge in [0.05, 0.1) is 6.07 Å². The number of piperidine rings is 3. The van der Waals surface area contributed by atoms with Gasteiger partial charge < -0.3 is 10.2 Å². The molecule has 1 N–H and O–H groups in total. The van der Waals surface area contributed by atoms with Gasteiger partial charge in [-0.2, -0.15) is 5.26 Å². The van der Waals surface area contributed by atoms with E-state index in [2.05, 4.69) is 16.3 Å². The van der Waals surface area contributed by atoms with E-state index < -0.39 is 0 Å². The van der Waals surface area contributed by atoms with Gasteiger partial charge in [-0.15, -0.1) is 0 Å². The predicted octanol–water partition coefficient (Wildman–Crippen LogP) is 1.22. The second-order valence-electron chi connectivity index (χ2n) is 3.88. The molecule has 80 valence electrons. The van der Waals surface area contributed by atoms with E-state index in [4.69, 9.17) is 5.26 Å². The Kier molecular flexibility index (Phi) is 3.91. The lowest BCUT2D eigenvalue weighted by molar-refractivity contribution is 0.0411. The highest BCUT2D eigenvalue weighted by Gasteiger charge is 2.45. The summed E-state index contributed by atoms with van der Waals surface area (Å²) in [7, 11) is 1.91. The molecule has 2 bridgehead atoms. The van der Waals surface area contributed by atoms with Gasteiger partial charge in [0.15, 0.2) is 0 Å². The van der Waals surface area contributed by atoms with Crippen LogP contribution in [-0.2, 0) is 0 Å². The summed E-state index contributed by atoms with van der Waals surface area (Å²) in [5, 5.41) is 12.3. The van der Waals surface area contributed by atoms with Crippen molar-refractivity contribution in [3.05, 3.63) is 0 Å². The van der Waals surface area contributed by atoms with E-state index in [0.29, 0.717) is 5.92 Å². The van der Waals surface area contributed by atoms with Crippen LogP contribution in [0.1, 0.15) is 26.7 Å². The molecule has 1 atom stereocenters. The molecule has 0 saturated carbocycles. The fraction of sp³-hybridized carbons (Fsp3) is 0.909. The Labute approximate surface area is 87.1 Å². The van der Waals surface area contributed by atoms with Crippen LogP contribution in [0.5, 0.6) is 0 Å². The minimum Gasteiger partial charge on any atom is -0.301 e. The maximum atomic E-state index is 9.12. The average molecular weight is 195 g/mol. The summed E-state index contributed by atoms with van der Waals surface area (Å²) in [5.74, 6) is 0.581. The lowest BCUT2D eigenvalue weighted by atomic mass is 9.74. The van der Waals surface area contributed by atoms with Crippen molar-refractivity contribution in [3.8, 4) is 6.07 Å². The van der Waals surface area contributed by atoms with Crippen LogP contribution in [-0.4, -0.2) is 37.1 Å². The SMILES string of the molecule is CC.CNC1(C#N)CN2CCC1CC2. The second-order valence-corrected chi connectivity index (χ2v) is 3.88. The third kappa shape index (κ3) is 1.77. The minimum atomic E-state index is -0.240. The Hall–Kier alpha value is -0.590. The molecule has 0 aromatic rings. The first kappa shape index (κ1) is 11.5. The zero-order valence-electron chi connectivity index (χ0n) is 9.51. The lowest BCUT2D eigenvalue weighted by Gasteiger charge is -2.49. The molecule has 3 nitrogen and oxygen atoms in total. The molecule has 3 fully saturated rings. The average Bonchev–Trinajstić information content (AvgIpc) is 2.33. The van der Waals surface area contributed by atoms with Crippen LogP contribution in [0, 0.1) is 17.2 Å². The van der Waals surface area contributed by atoms with Crippen molar-refractivity contribution in [1.29, 1.82) is 5.26 Å². The number of hydrogen-bond acceptors (Lipinski definition) is 3. The van der Waals surface area contributed by atoms with Crippen molar-refractivity contribution in [3.63, 3.8) is 0 Å². The predicted molar refractivity (Wildman–Crippen MR) is 57.9 cm³/mol. The number of fused-ring (bicyclic) bond motifs is 3. The Morgan fingerprint density at radius 2 is 1.93 bits per heavy atom. The molecule has 0 aromatic heterocycles. The van der Waals surface area contributed by atoms with Crippen LogP contribution in [0.15, 0.2) is 0 Å². The molecule has 0 spiro atoms. The number of hydrogen-bond donors (Lipinski definition) is 1. The maximum Gasteiger partial charge on any atom is 0.122 e. The quantitative estimate of drug-likeness (QED) is 0.684. The van der Waals surface area contributed by atoms with Crippen molar-refractivity contribution in [2.45, 2.75) is 32.2 Å². The van der Waals surface area contributed by atoms with Crippen LogP contribution in [0.4, 0.5) is 0 Å². The number of rotatable bonds is 1. The van der Waals surface area contributed by atoms with Crippen molar-refractivity contribution in [2.75, 3.05) is 26.7 Å². The summed E-state index contributed by atoms with van der Waals surface area (Å²) >= 11 is 0. The Bertz CT molecular complexity index is 213. The van der Waals surface area contributed by atoms with Crippen molar-refractivity contribution in [1.82, 2.24) is 10.2 Å². The highest BCUT2D eigenvalue weighted by molar-refractivity contribution is 5.16. The first-order valence-electron chi connectivity index (χ1n) is 5.63. The van der Waals surface area contributed by atoms with Crippen molar-refractivity contribution < 1.29 is 0 Å². The Morgan fingerprint density at radius 1 is 1.36 bits per heavy atom. The number of nitrogens with zero attached hydrogens (tertiary/aromatic N) is 2. The Morgan fingerprint density at radius 3 is 2.14 bits per heavy atom. The van der Waals surface area contributed by atoms with Gasteiger partial charge in [-0.05, 0) is 38.9 Å². The summed E-state index contributed by atoms with van der Waals surface area (Å²) in [5.41, 5.74) is -0.240. The number of likely N-dealkylation sites (N-methyl/N-ethyl adjacent to an activating group) is 1. The third-order valence-corrected chi connectivity index (χ3v) is 3.40. The standard InChI is InChI=1S/C9H15N3.C2H6/c1-11-9(6-10)7-12-4-2-8(9)3-5-12;1-2/h8,11H,2-5,7H2,1H3;1-2H3. The van der Waals surface area contributed by atoms with Gasteiger partial charge in [-0.25, -0.2) is 0 Å². The van der Waals surface area contributed by atoms with Crippen LogP contribution in [0.2, 0.25) is 0 Å². The van der Waals surface area contributed by atoms with E-state index in [1.165, 1.54) is 25.9 Å². The Balaban J connectivity index is 0.000000461. The zero-order valence-corrected chi connectivity index (χ0v) is 9.51. The normalized spacial score (nSPS) is 39.6. The van der Waals surface area contributed by atoms with Crippen LogP contribution >= 0.6 is 0 Å². The van der Waals surface area contributed by atoms with E-state index >= 15 is 0 Å². The molecule has 0 radical (unpaired) electrons. The molecular weight excluding hydrogens is 174 g/mol. The lowest BCUT2D eigenvalue weighted by Crippen LogP contribution is -2.64. The molecule has 3 aliphatic rings. The van der Waals surface area contributed by atoms with Gasteiger partial charge >= 0.3 is 0 Å². The smallest absolute Gasteiger partial charge is 0.122 e. The fourth-order valence-corrected chi connectivity index (χ4v) is 2.53. The van der Waals surface area contributed by atoms with Crippen LogP contribution < -0.4 is 5.32 Å². The van der Waals surface area contributed by atoms with E-state index in [-0.39, 0.29) is 5.54 Å². The van der Waals surface area contributed by atoms with E-state index in [1.54, 1.807) is 0 Å². The fourth-order valence-electron chi connectivity index (χ4n) is 2.53. The molecule has 3 rings (SSSR count). The van der Waals surface area contributed by atoms with Crippen molar-refractivity contribution >= 4 is 0 Å². The molecule has 1 unspecified atom stereocenters. The van der Waals surface area contributed by atoms with Gasteiger partial charge in [-0.1, -0.05) is 13.8 Å². The molecule has 0 aliphatic carbocycles. The molecule has 0 amide bonds. The summed E-state index contributed by atoms with van der Waals surface area (Å²) in [6.07, 6.45) is 2.38. The van der Waals surface area contributed by atoms with Crippen molar-refractivity contribution in [2.24, 2.45) is 5.92 Å². The third-order valence-electron chi connectivity index (χ3n) is 3.40. The van der Waals surface area contributed by atoms with Gasteiger partial charge in [-0.3, -0.25) is 0 Å². The van der Waals surface area contributed by atoms with Gasteiger partial charge in [0, 0.05) is 6.54 Å². The highest BCUT2D eigenvalue weighted by atomic mass is 15.2. The first-order valence-corrected chi connectivity index (χ1v) is 5.63. The van der Waals surface area contributed by atoms with E-state index in [9.17, 15) is 0 Å². The highest BCUT2D eigenvalue weighted by Crippen LogP contribution is 2.34. The number of nitriles is 1. The van der Waals surface area contributed by atoms with E-state index in [0.717, 1.165) is 6.54 Å². The number of nitrogens with one attached hydrogen (secondary N) is 1. The largest absolute Gasteiger partial charge is 0.301 e. The molecule has 3 heteroatoms. The summed E-state index contributed by atoms with van der Waals surface area (Å²) < 4.78 is 0. The molecule has 3 heterocycles. The monoisotopic (exact) mass is 195 g/mol. The van der Waals surface area contributed by atoms with Gasteiger partial charge in [0.2, 0.25) is 0 Å².